The topological polar surface area (TPSA) is 22.1 Å². The summed E-state index contributed by atoms with van der Waals surface area (Å²) < 4.78 is 43.4. The molecule has 0 atom stereocenters. The summed E-state index contributed by atoms with van der Waals surface area (Å²) in [6.07, 6.45) is -4.43. The van der Waals surface area contributed by atoms with Crippen molar-refractivity contribution < 1.29 is 17.9 Å². The first-order valence-electron chi connectivity index (χ1n) is 5.29. The van der Waals surface area contributed by atoms with E-state index >= 15 is 0 Å². The van der Waals surface area contributed by atoms with E-state index in [9.17, 15) is 13.2 Å². The minimum absolute atomic E-state index is 0.00531. The van der Waals surface area contributed by atoms with Gasteiger partial charge >= 0.3 is 6.18 Å². The maximum Gasteiger partial charge on any atom is 0.419 e. The highest BCUT2D eigenvalue weighted by molar-refractivity contribution is 7.09. The van der Waals surface area contributed by atoms with Crippen LogP contribution in [0.5, 0.6) is 5.75 Å². The molecule has 0 fully saturated rings. The molecule has 102 valence electrons. The zero-order valence-electron chi connectivity index (χ0n) is 9.58. The zero-order valence-corrected chi connectivity index (χ0v) is 11.1. The molecule has 0 saturated heterocycles. The lowest BCUT2D eigenvalue weighted by atomic mass is 10.2. The number of rotatable bonds is 4. The van der Waals surface area contributed by atoms with Gasteiger partial charge in [-0.25, -0.2) is 4.98 Å². The van der Waals surface area contributed by atoms with Crippen LogP contribution in [0.2, 0.25) is 0 Å². The van der Waals surface area contributed by atoms with E-state index in [2.05, 4.69) is 4.98 Å². The second-order valence-corrected chi connectivity index (χ2v) is 4.86. The summed E-state index contributed by atoms with van der Waals surface area (Å²) in [7, 11) is 0. The third kappa shape index (κ3) is 3.61. The van der Waals surface area contributed by atoms with Gasteiger partial charge in [0.25, 0.3) is 0 Å². The predicted molar refractivity (Wildman–Crippen MR) is 67.4 cm³/mol. The molecule has 0 N–H and O–H groups in total. The van der Waals surface area contributed by atoms with Crippen molar-refractivity contribution in [2.24, 2.45) is 0 Å². The fourth-order valence-electron chi connectivity index (χ4n) is 1.44. The molecular formula is C12H9ClF3NOS. The van der Waals surface area contributed by atoms with Gasteiger partial charge in [-0.05, 0) is 12.1 Å². The Hall–Kier alpha value is -1.27. The number of aromatic nitrogens is 1. The SMILES string of the molecule is FC(F)(F)c1ccccc1OCc1nc(CCl)cs1. The Kier molecular flexibility index (Phi) is 4.31. The molecule has 0 saturated carbocycles. The number of thiazole rings is 1. The van der Waals surface area contributed by atoms with E-state index in [-0.39, 0.29) is 18.2 Å². The number of nitrogens with zero attached hydrogens (tertiary/aromatic N) is 1. The van der Waals surface area contributed by atoms with Gasteiger partial charge in [-0.1, -0.05) is 12.1 Å². The summed E-state index contributed by atoms with van der Waals surface area (Å²) in [6, 6.07) is 5.10. The highest BCUT2D eigenvalue weighted by Gasteiger charge is 2.34. The lowest BCUT2D eigenvalue weighted by Crippen LogP contribution is -2.08. The average Bonchev–Trinajstić information content (AvgIpc) is 2.83. The molecule has 0 aliphatic carbocycles. The minimum Gasteiger partial charge on any atom is -0.486 e. The molecule has 19 heavy (non-hydrogen) atoms. The van der Waals surface area contributed by atoms with Crippen LogP contribution in [0, 0.1) is 0 Å². The number of hydrogen-bond donors (Lipinski definition) is 0. The highest BCUT2D eigenvalue weighted by atomic mass is 35.5. The van der Waals surface area contributed by atoms with Gasteiger partial charge in [-0.15, -0.1) is 22.9 Å². The maximum absolute atomic E-state index is 12.7. The van der Waals surface area contributed by atoms with Gasteiger partial charge in [-0.3, -0.25) is 0 Å². The van der Waals surface area contributed by atoms with E-state index in [0.717, 1.165) is 6.07 Å². The second-order valence-electron chi connectivity index (χ2n) is 3.65. The summed E-state index contributed by atoms with van der Waals surface area (Å²) >= 11 is 6.90. The summed E-state index contributed by atoms with van der Waals surface area (Å²) in [5, 5.41) is 2.34. The molecule has 0 bridgehead atoms. The molecule has 1 heterocycles. The van der Waals surface area contributed by atoms with Crippen molar-refractivity contribution >= 4 is 22.9 Å². The lowest BCUT2D eigenvalue weighted by Gasteiger charge is -2.12. The number of para-hydroxylation sites is 1. The normalized spacial score (nSPS) is 11.6. The highest BCUT2D eigenvalue weighted by Crippen LogP contribution is 2.36. The van der Waals surface area contributed by atoms with E-state index in [0.29, 0.717) is 10.7 Å². The Labute approximate surface area is 116 Å². The van der Waals surface area contributed by atoms with Gasteiger partial charge in [0.2, 0.25) is 0 Å². The van der Waals surface area contributed by atoms with Crippen LogP contribution >= 0.6 is 22.9 Å². The third-order valence-electron chi connectivity index (χ3n) is 2.28. The molecule has 0 aliphatic rings. The molecule has 2 rings (SSSR count). The van der Waals surface area contributed by atoms with Crippen LogP contribution in [0.1, 0.15) is 16.3 Å². The van der Waals surface area contributed by atoms with Gasteiger partial charge in [0.15, 0.2) is 0 Å². The molecule has 0 amide bonds. The summed E-state index contributed by atoms with van der Waals surface area (Å²) in [5.41, 5.74) is -0.0986. The van der Waals surface area contributed by atoms with E-state index in [1.165, 1.54) is 29.5 Å². The van der Waals surface area contributed by atoms with Crippen molar-refractivity contribution in [1.29, 1.82) is 0 Å². The molecule has 0 radical (unpaired) electrons. The summed E-state index contributed by atoms with van der Waals surface area (Å²) in [6.45, 7) is -0.00531. The van der Waals surface area contributed by atoms with Crippen LogP contribution < -0.4 is 4.74 Å². The zero-order chi connectivity index (χ0) is 13.9. The first-order chi connectivity index (χ1) is 9.00. The van der Waals surface area contributed by atoms with Crippen molar-refractivity contribution in [3.8, 4) is 5.75 Å². The monoisotopic (exact) mass is 307 g/mol. The van der Waals surface area contributed by atoms with Crippen LogP contribution in [0.15, 0.2) is 29.6 Å². The quantitative estimate of drug-likeness (QED) is 0.777. The van der Waals surface area contributed by atoms with Crippen LogP contribution in [0.3, 0.4) is 0 Å². The standard InChI is InChI=1S/C12H9ClF3NOS/c13-5-8-7-19-11(17-8)6-18-10-4-2-1-3-9(10)12(14,15)16/h1-4,7H,5-6H2. The van der Waals surface area contributed by atoms with Gasteiger partial charge < -0.3 is 4.74 Å². The largest absolute Gasteiger partial charge is 0.486 e. The average molecular weight is 308 g/mol. The summed E-state index contributed by atoms with van der Waals surface area (Å²) in [5.74, 6) is 0.0768. The molecule has 0 aliphatic heterocycles. The van der Waals surface area contributed by atoms with E-state index in [1.54, 1.807) is 5.38 Å². The lowest BCUT2D eigenvalue weighted by molar-refractivity contribution is -0.139. The molecular weight excluding hydrogens is 299 g/mol. The number of hydrogen-bond acceptors (Lipinski definition) is 3. The Morgan fingerprint density at radius 1 is 1.26 bits per heavy atom. The Bertz CT molecular complexity index is 556. The number of ether oxygens (including phenoxy) is 1. The van der Waals surface area contributed by atoms with Gasteiger partial charge in [0.05, 0.1) is 17.1 Å². The fourth-order valence-corrected chi connectivity index (χ4v) is 2.38. The molecule has 1 aromatic heterocycles. The molecule has 0 unspecified atom stereocenters. The number of alkyl halides is 4. The molecule has 2 nitrogen and oxygen atoms in total. The molecule has 2 aromatic rings. The first-order valence-corrected chi connectivity index (χ1v) is 6.70. The summed E-state index contributed by atoms with van der Waals surface area (Å²) in [4.78, 5) is 4.12. The van der Waals surface area contributed by atoms with Crippen molar-refractivity contribution in [3.05, 3.63) is 45.9 Å². The maximum atomic E-state index is 12.7. The smallest absolute Gasteiger partial charge is 0.419 e. The van der Waals surface area contributed by atoms with Crippen LogP contribution in [0.4, 0.5) is 13.2 Å². The first kappa shape index (κ1) is 14.1. The van der Waals surface area contributed by atoms with Crippen molar-refractivity contribution in [1.82, 2.24) is 4.98 Å². The van der Waals surface area contributed by atoms with Gasteiger partial charge in [-0.2, -0.15) is 13.2 Å². The number of benzene rings is 1. The van der Waals surface area contributed by atoms with Crippen molar-refractivity contribution in [3.63, 3.8) is 0 Å². The van der Waals surface area contributed by atoms with E-state index < -0.39 is 11.7 Å². The number of halogens is 4. The Morgan fingerprint density at radius 2 is 2.00 bits per heavy atom. The van der Waals surface area contributed by atoms with Crippen LogP contribution in [-0.4, -0.2) is 4.98 Å². The van der Waals surface area contributed by atoms with Gasteiger partial charge in [0.1, 0.15) is 17.4 Å². The van der Waals surface area contributed by atoms with Crippen LogP contribution in [-0.2, 0) is 18.7 Å². The van der Waals surface area contributed by atoms with Crippen LogP contribution in [0.25, 0.3) is 0 Å². The van der Waals surface area contributed by atoms with Gasteiger partial charge in [0, 0.05) is 5.38 Å². The molecule has 0 spiro atoms. The van der Waals surface area contributed by atoms with Crippen molar-refractivity contribution in [2.75, 3.05) is 0 Å². The minimum atomic E-state index is -4.43. The second kappa shape index (κ2) is 5.79. The fraction of sp³-hybridized carbons (Fsp3) is 0.250. The molecule has 1 aromatic carbocycles. The molecule has 7 heteroatoms. The van der Waals surface area contributed by atoms with Crippen molar-refractivity contribution in [2.45, 2.75) is 18.7 Å². The Balaban J connectivity index is 2.11. The third-order valence-corrected chi connectivity index (χ3v) is 3.42. The Morgan fingerprint density at radius 3 is 2.63 bits per heavy atom. The van der Waals surface area contributed by atoms with E-state index in [1.807, 2.05) is 0 Å². The van der Waals surface area contributed by atoms with E-state index in [4.69, 9.17) is 16.3 Å². The predicted octanol–water partition coefficient (Wildman–Crippen LogP) is 4.48.